The fraction of sp³-hybridized carbons (Fsp3) is 0.700. The number of nitrogens with one attached hydrogen (secondary N) is 1. The predicted octanol–water partition coefficient (Wildman–Crippen LogP) is 0.182. The summed E-state index contributed by atoms with van der Waals surface area (Å²) in [5.41, 5.74) is 0. The van der Waals surface area contributed by atoms with Crippen molar-refractivity contribution in [1.29, 1.82) is 0 Å². The normalized spacial score (nSPS) is 25.4. The van der Waals surface area contributed by atoms with Crippen molar-refractivity contribution in [1.82, 2.24) is 10.2 Å². The maximum atomic E-state index is 11.6. The lowest BCUT2D eigenvalue weighted by Gasteiger charge is -2.28. The first-order valence-corrected chi connectivity index (χ1v) is 5.41. The molecule has 1 atom stereocenters. The number of rotatable bonds is 2. The number of likely N-dealkylation sites (tertiary alicyclic amines) is 1. The van der Waals surface area contributed by atoms with E-state index in [1.54, 1.807) is 0 Å². The van der Waals surface area contributed by atoms with Crippen molar-refractivity contribution < 1.29 is 19.5 Å². The number of carbonyl (C=O) groups is 3. The van der Waals surface area contributed by atoms with Crippen LogP contribution < -0.4 is 5.32 Å². The van der Waals surface area contributed by atoms with Gasteiger partial charge in [0.25, 0.3) is 0 Å². The standard InChI is InChI=1S/C10H14N2O4/c13-8-4-1-6(9(14)15)5-12(8)10(16)11-7-2-3-7/h6-7H,1-5H2,(H,11,16)(H,14,15). The number of amides is 3. The number of hydrogen-bond donors (Lipinski definition) is 2. The molecule has 16 heavy (non-hydrogen) atoms. The van der Waals surface area contributed by atoms with Crippen LogP contribution in [-0.2, 0) is 9.59 Å². The van der Waals surface area contributed by atoms with Crippen molar-refractivity contribution >= 4 is 17.9 Å². The van der Waals surface area contributed by atoms with Gasteiger partial charge in [-0.15, -0.1) is 0 Å². The summed E-state index contributed by atoms with van der Waals surface area (Å²) in [6.07, 6.45) is 2.34. The molecule has 1 aliphatic carbocycles. The molecule has 2 aliphatic rings. The highest BCUT2D eigenvalue weighted by Crippen LogP contribution is 2.21. The number of carboxylic acids is 1. The summed E-state index contributed by atoms with van der Waals surface area (Å²) in [4.78, 5) is 34.9. The minimum Gasteiger partial charge on any atom is -0.481 e. The number of aliphatic carboxylic acids is 1. The van der Waals surface area contributed by atoms with Crippen molar-refractivity contribution in [3.63, 3.8) is 0 Å². The van der Waals surface area contributed by atoms with Crippen LogP contribution in [0.15, 0.2) is 0 Å². The quantitative estimate of drug-likeness (QED) is 0.703. The first-order chi connectivity index (χ1) is 7.58. The summed E-state index contributed by atoms with van der Waals surface area (Å²) in [5, 5.41) is 11.5. The average Bonchev–Trinajstić information content (AvgIpc) is 3.01. The van der Waals surface area contributed by atoms with Gasteiger partial charge in [-0.05, 0) is 19.3 Å². The number of carbonyl (C=O) groups excluding carboxylic acids is 2. The largest absolute Gasteiger partial charge is 0.481 e. The Labute approximate surface area is 92.6 Å². The lowest BCUT2D eigenvalue weighted by molar-refractivity contribution is -0.145. The highest BCUT2D eigenvalue weighted by molar-refractivity contribution is 5.96. The van der Waals surface area contributed by atoms with Crippen molar-refractivity contribution in [2.75, 3.05) is 6.54 Å². The Morgan fingerprint density at radius 1 is 1.31 bits per heavy atom. The van der Waals surface area contributed by atoms with E-state index in [1.807, 2.05) is 0 Å². The van der Waals surface area contributed by atoms with E-state index in [9.17, 15) is 14.4 Å². The van der Waals surface area contributed by atoms with Gasteiger partial charge in [0.05, 0.1) is 5.92 Å². The Morgan fingerprint density at radius 2 is 2.00 bits per heavy atom. The minimum absolute atomic E-state index is 0.00722. The lowest BCUT2D eigenvalue weighted by atomic mass is 9.98. The Morgan fingerprint density at radius 3 is 2.56 bits per heavy atom. The van der Waals surface area contributed by atoms with Gasteiger partial charge >= 0.3 is 12.0 Å². The zero-order valence-electron chi connectivity index (χ0n) is 8.81. The fourth-order valence-electron chi connectivity index (χ4n) is 1.72. The molecule has 0 aromatic rings. The maximum Gasteiger partial charge on any atom is 0.324 e. The monoisotopic (exact) mass is 226 g/mol. The van der Waals surface area contributed by atoms with Crippen LogP contribution in [0.2, 0.25) is 0 Å². The van der Waals surface area contributed by atoms with E-state index in [0.717, 1.165) is 17.7 Å². The summed E-state index contributed by atoms with van der Waals surface area (Å²) < 4.78 is 0. The van der Waals surface area contributed by atoms with Gasteiger partial charge < -0.3 is 10.4 Å². The second-order valence-corrected chi connectivity index (χ2v) is 4.30. The van der Waals surface area contributed by atoms with Gasteiger partial charge in [-0.3, -0.25) is 14.5 Å². The second-order valence-electron chi connectivity index (χ2n) is 4.30. The van der Waals surface area contributed by atoms with Gasteiger partial charge in [0.15, 0.2) is 0 Å². The van der Waals surface area contributed by atoms with E-state index < -0.39 is 17.9 Å². The number of nitrogens with zero attached hydrogens (tertiary/aromatic N) is 1. The molecule has 0 aromatic carbocycles. The summed E-state index contributed by atoms with van der Waals surface area (Å²) in [6.45, 7) is -0.00722. The number of imide groups is 1. The Balaban J connectivity index is 1.96. The Kier molecular flexibility index (Phi) is 2.80. The molecular formula is C10H14N2O4. The van der Waals surface area contributed by atoms with E-state index in [4.69, 9.17) is 5.11 Å². The van der Waals surface area contributed by atoms with Crippen LogP contribution in [0, 0.1) is 5.92 Å². The van der Waals surface area contributed by atoms with Crippen LogP contribution in [0.4, 0.5) is 4.79 Å². The molecule has 2 N–H and O–H groups in total. The van der Waals surface area contributed by atoms with Crippen LogP contribution in [-0.4, -0.2) is 40.5 Å². The van der Waals surface area contributed by atoms with Gasteiger partial charge in [-0.1, -0.05) is 0 Å². The molecule has 1 saturated heterocycles. The minimum atomic E-state index is -0.947. The molecule has 1 unspecified atom stereocenters. The van der Waals surface area contributed by atoms with Crippen LogP contribution >= 0.6 is 0 Å². The highest BCUT2D eigenvalue weighted by Gasteiger charge is 2.35. The molecule has 0 bridgehead atoms. The van der Waals surface area contributed by atoms with Crippen molar-refractivity contribution in [2.24, 2.45) is 5.92 Å². The third-order valence-electron chi connectivity index (χ3n) is 2.91. The summed E-state index contributed by atoms with van der Waals surface area (Å²) in [7, 11) is 0. The van der Waals surface area contributed by atoms with Crippen molar-refractivity contribution in [3.8, 4) is 0 Å². The first-order valence-electron chi connectivity index (χ1n) is 5.41. The molecule has 1 heterocycles. The molecule has 0 aromatic heterocycles. The molecule has 2 rings (SSSR count). The van der Waals surface area contributed by atoms with Gasteiger partial charge in [0.1, 0.15) is 0 Å². The molecule has 1 aliphatic heterocycles. The third-order valence-corrected chi connectivity index (χ3v) is 2.91. The lowest BCUT2D eigenvalue weighted by Crippen LogP contribution is -2.50. The molecule has 1 saturated carbocycles. The van der Waals surface area contributed by atoms with E-state index >= 15 is 0 Å². The predicted molar refractivity (Wildman–Crippen MR) is 53.6 cm³/mol. The number of hydrogen-bond acceptors (Lipinski definition) is 3. The SMILES string of the molecule is O=C(O)C1CCC(=O)N(C(=O)NC2CC2)C1. The number of piperidine rings is 1. The number of carboxylic acid groups (broad SMARTS) is 1. The molecular weight excluding hydrogens is 212 g/mol. The third kappa shape index (κ3) is 2.32. The molecule has 88 valence electrons. The molecule has 6 heteroatoms. The highest BCUT2D eigenvalue weighted by atomic mass is 16.4. The molecule has 0 spiro atoms. The van der Waals surface area contributed by atoms with Gasteiger partial charge in [0.2, 0.25) is 5.91 Å². The first kappa shape index (κ1) is 10.9. The van der Waals surface area contributed by atoms with Crippen molar-refractivity contribution in [3.05, 3.63) is 0 Å². The number of urea groups is 1. The maximum absolute atomic E-state index is 11.6. The van der Waals surface area contributed by atoms with Gasteiger partial charge in [0, 0.05) is 19.0 Å². The van der Waals surface area contributed by atoms with Crippen LogP contribution in [0.3, 0.4) is 0 Å². The van der Waals surface area contributed by atoms with Crippen LogP contribution in [0.25, 0.3) is 0 Å². The molecule has 3 amide bonds. The van der Waals surface area contributed by atoms with E-state index in [-0.39, 0.29) is 24.9 Å². The summed E-state index contributed by atoms with van der Waals surface area (Å²) >= 11 is 0. The second kappa shape index (κ2) is 4.11. The van der Waals surface area contributed by atoms with E-state index in [2.05, 4.69) is 5.32 Å². The van der Waals surface area contributed by atoms with Crippen LogP contribution in [0.5, 0.6) is 0 Å². The average molecular weight is 226 g/mol. The van der Waals surface area contributed by atoms with E-state index in [0.29, 0.717) is 6.42 Å². The molecule has 6 nitrogen and oxygen atoms in total. The van der Waals surface area contributed by atoms with Crippen LogP contribution in [0.1, 0.15) is 25.7 Å². The fourth-order valence-corrected chi connectivity index (χ4v) is 1.72. The smallest absolute Gasteiger partial charge is 0.324 e. The van der Waals surface area contributed by atoms with Crippen molar-refractivity contribution in [2.45, 2.75) is 31.7 Å². The zero-order valence-corrected chi connectivity index (χ0v) is 8.81. The van der Waals surface area contributed by atoms with E-state index in [1.165, 1.54) is 0 Å². The summed E-state index contributed by atoms with van der Waals surface area (Å²) in [6, 6.07) is -0.274. The zero-order chi connectivity index (χ0) is 11.7. The Bertz CT molecular complexity index is 338. The van der Waals surface area contributed by atoms with Gasteiger partial charge in [-0.2, -0.15) is 0 Å². The Hall–Kier alpha value is -1.59. The molecule has 0 radical (unpaired) electrons. The van der Waals surface area contributed by atoms with Gasteiger partial charge in [-0.25, -0.2) is 4.79 Å². The summed E-state index contributed by atoms with van der Waals surface area (Å²) in [5.74, 6) is -1.85. The molecule has 2 fully saturated rings. The topological polar surface area (TPSA) is 86.7 Å².